The molecule has 3 rings (SSSR count). The quantitative estimate of drug-likeness (QED) is 0.871. The van der Waals surface area contributed by atoms with Crippen LogP contribution in [0.3, 0.4) is 0 Å². The summed E-state index contributed by atoms with van der Waals surface area (Å²) in [5, 5.41) is 7.78. The van der Waals surface area contributed by atoms with Crippen LogP contribution in [0.5, 0.6) is 0 Å². The van der Waals surface area contributed by atoms with Crippen molar-refractivity contribution in [2.24, 2.45) is 0 Å². The molecule has 20 heavy (non-hydrogen) atoms. The molecule has 1 aromatic heterocycles. The fraction of sp³-hybridized carbons (Fsp3) is 0.857. The second-order valence-electron chi connectivity index (χ2n) is 6.43. The Morgan fingerprint density at radius 1 is 1.30 bits per heavy atom. The summed E-state index contributed by atoms with van der Waals surface area (Å²) < 4.78 is 5.58. The molecule has 0 amide bonds. The van der Waals surface area contributed by atoms with Gasteiger partial charge in [0, 0.05) is 19.6 Å². The molecule has 2 atom stereocenters. The Kier molecular flexibility index (Phi) is 3.79. The van der Waals surface area contributed by atoms with Gasteiger partial charge < -0.3 is 14.7 Å². The van der Waals surface area contributed by atoms with Gasteiger partial charge in [-0.3, -0.25) is 4.90 Å². The maximum Gasteiger partial charge on any atom is 0.246 e. The summed E-state index contributed by atoms with van der Waals surface area (Å²) >= 11 is 0. The molecule has 0 bridgehead atoms. The number of hydrogen-bond donors (Lipinski definition) is 1. The van der Waals surface area contributed by atoms with E-state index in [0.29, 0.717) is 0 Å². The Hall–Kier alpha value is -0.980. The Morgan fingerprint density at radius 3 is 2.90 bits per heavy atom. The third-order valence-electron chi connectivity index (χ3n) is 4.68. The molecule has 3 heterocycles. The van der Waals surface area contributed by atoms with Gasteiger partial charge in [-0.25, -0.2) is 0 Å². The van der Waals surface area contributed by atoms with Gasteiger partial charge in [-0.1, -0.05) is 5.16 Å². The summed E-state index contributed by atoms with van der Waals surface area (Å²) in [7, 11) is 4.28. The minimum absolute atomic E-state index is 0.150. The van der Waals surface area contributed by atoms with Gasteiger partial charge >= 0.3 is 0 Å². The number of rotatable bonds is 2. The van der Waals surface area contributed by atoms with Gasteiger partial charge in [0.25, 0.3) is 0 Å². The van der Waals surface area contributed by atoms with E-state index >= 15 is 0 Å². The predicted molar refractivity (Wildman–Crippen MR) is 76.4 cm³/mol. The highest BCUT2D eigenvalue weighted by Crippen LogP contribution is 2.30. The molecule has 2 aliphatic rings. The Balaban J connectivity index is 1.79. The van der Waals surface area contributed by atoms with Gasteiger partial charge in [-0.2, -0.15) is 4.98 Å². The first kappa shape index (κ1) is 14.0. The van der Waals surface area contributed by atoms with E-state index in [-0.39, 0.29) is 11.6 Å². The molecule has 0 radical (unpaired) electrons. The monoisotopic (exact) mass is 279 g/mol. The normalized spacial score (nSPS) is 33.5. The van der Waals surface area contributed by atoms with Crippen LogP contribution in [0, 0.1) is 0 Å². The Morgan fingerprint density at radius 2 is 2.15 bits per heavy atom. The lowest BCUT2D eigenvalue weighted by molar-refractivity contribution is 0.108. The summed E-state index contributed by atoms with van der Waals surface area (Å²) in [4.78, 5) is 9.34. The highest BCUT2D eigenvalue weighted by atomic mass is 16.5. The Bertz CT molecular complexity index is 454. The summed E-state index contributed by atoms with van der Waals surface area (Å²) in [5.41, 5.74) is -0.150. The standard InChI is InChI=1S/C14H25N5O/c1-14(6-4-5-7-15-14)13-16-12(17-20-13)11-10-18(2)8-9-19(11)3/h11,15H,4-10H2,1-3H3. The van der Waals surface area contributed by atoms with E-state index in [0.717, 1.165) is 44.3 Å². The summed E-state index contributed by atoms with van der Waals surface area (Å²) in [6.45, 7) is 6.29. The zero-order valence-electron chi connectivity index (χ0n) is 12.7. The molecule has 2 fully saturated rings. The molecular weight excluding hydrogens is 254 g/mol. The van der Waals surface area contributed by atoms with Gasteiger partial charge in [0.15, 0.2) is 5.82 Å². The zero-order valence-corrected chi connectivity index (χ0v) is 12.7. The van der Waals surface area contributed by atoms with E-state index in [1.165, 1.54) is 12.8 Å². The number of nitrogens with zero attached hydrogens (tertiary/aromatic N) is 4. The van der Waals surface area contributed by atoms with Crippen LogP contribution < -0.4 is 5.32 Å². The van der Waals surface area contributed by atoms with Crippen LogP contribution in [0.15, 0.2) is 4.52 Å². The van der Waals surface area contributed by atoms with Gasteiger partial charge in [0.2, 0.25) is 5.89 Å². The average molecular weight is 279 g/mol. The summed E-state index contributed by atoms with van der Waals surface area (Å²) in [6.07, 6.45) is 3.51. The first-order valence-electron chi connectivity index (χ1n) is 7.56. The molecule has 2 aliphatic heterocycles. The van der Waals surface area contributed by atoms with E-state index in [4.69, 9.17) is 9.51 Å². The van der Waals surface area contributed by atoms with Crippen molar-refractivity contribution < 1.29 is 4.52 Å². The van der Waals surface area contributed by atoms with Crippen molar-refractivity contribution in [3.05, 3.63) is 11.7 Å². The van der Waals surface area contributed by atoms with Crippen LogP contribution in [-0.2, 0) is 5.54 Å². The van der Waals surface area contributed by atoms with Gasteiger partial charge in [0.05, 0.1) is 11.6 Å². The lowest BCUT2D eigenvalue weighted by atomic mass is 9.91. The molecule has 6 heteroatoms. The van der Waals surface area contributed by atoms with Crippen LogP contribution in [-0.4, -0.2) is 60.2 Å². The second kappa shape index (κ2) is 5.42. The highest BCUT2D eigenvalue weighted by molar-refractivity contribution is 5.06. The lowest BCUT2D eigenvalue weighted by Gasteiger charge is -2.35. The second-order valence-corrected chi connectivity index (χ2v) is 6.43. The van der Waals surface area contributed by atoms with Gasteiger partial charge in [-0.15, -0.1) is 0 Å². The van der Waals surface area contributed by atoms with Crippen molar-refractivity contribution in [2.75, 3.05) is 40.3 Å². The van der Waals surface area contributed by atoms with E-state index in [1.807, 2.05) is 0 Å². The van der Waals surface area contributed by atoms with Crippen LogP contribution in [0.1, 0.15) is 43.9 Å². The SMILES string of the molecule is CN1CCN(C)C(c2noc(C3(C)CCCCN3)n2)C1. The molecule has 0 saturated carbocycles. The first-order valence-corrected chi connectivity index (χ1v) is 7.56. The molecule has 6 nitrogen and oxygen atoms in total. The van der Waals surface area contributed by atoms with Crippen LogP contribution in [0.4, 0.5) is 0 Å². The smallest absolute Gasteiger partial charge is 0.246 e. The van der Waals surface area contributed by atoms with Crippen molar-refractivity contribution in [3.8, 4) is 0 Å². The summed E-state index contributed by atoms with van der Waals surface area (Å²) in [6, 6.07) is 0.235. The summed E-state index contributed by atoms with van der Waals surface area (Å²) in [5.74, 6) is 1.57. The van der Waals surface area contributed by atoms with Crippen molar-refractivity contribution >= 4 is 0 Å². The van der Waals surface area contributed by atoms with Crippen molar-refractivity contribution in [2.45, 2.75) is 37.8 Å². The molecule has 112 valence electrons. The van der Waals surface area contributed by atoms with Gasteiger partial charge in [-0.05, 0) is 46.8 Å². The predicted octanol–water partition coefficient (Wildman–Crippen LogP) is 0.977. The number of nitrogens with one attached hydrogen (secondary N) is 1. The van der Waals surface area contributed by atoms with Gasteiger partial charge in [0.1, 0.15) is 0 Å². The van der Waals surface area contributed by atoms with Crippen LogP contribution in [0.2, 0.25) is 0 Å². The van der Waals surface area contributed by atoms with E-state index in [2.05, 4.69) is 41.3 Å². The van der Waals surface area contributed by atoms with E-state index < -0.39 is 0 Å². The maximum atomic E-state index is 5.58. The Labute approximate surface area is 120 Å². The molecule has 2 unspecified atom stereocenters. The third kappa shape index (κ3) is 2.60. The largest absolute Gasteiger partial charge is 0.337 e. The maximum absolute atomic E-state index is 5.58. The minimum Gasteiger partial charge on any atom is -0.337 e. The number of likely N-dealkylation sites (N-methyl/N-ethyl adjacent to an activating group) is 2. The van der Waals surface area contributed by atoms with Crippen LogP contribution >= 0.6 is 0 Å². The molecule has 1 N–H and O–H groups in total. The molecular formula is C14H25N5O. The number of aromatic nitrogens is 2. The fourth-order valence-electron chi connectivity index (χ4n) is 3.12. The van der Waals surface area contributed by atoms with Crippen molar-refractivity contribution in [3.63, 3.8) is 0 Å². The topological polar surface area (TPSA) is 57.4 Å². The van der Waals surface area contributed by atoms with Crippen molar-refractivity contribution in [1.82, 2.24) is 25.3 Å². The first-order chi connectivity index (χ1) is 9.58. The molecule has 2 saturated heterocycles. The molecule has 1 aromatic rings. The number of piperidine rings is 1. The highest BCUT2D eigenvalue weighted by Gasteiger charge is 2.36. The van der Waals surface area contributed by atoms with E-state index in [1.54, 1.807) is 0 Å². The number of hydrogen-bond acceptors (Lipinski definition) is 6. The zero-order chi connectivity index (χ0) is 14.2. The molecule has 0 aromatic carbocycles. The van der Waals surface area contributed by atoms with E-state index in [9.17, 15) is 0 Å². The van der Waals surface area contributed by atoms with Crippen molar-refractivity contribution in [1.29, 1.82) is 0 Å². The lowest BCUT2D eigenvalue weighted by Crippen LogP contribution is -2.45. The minimum atomic E-state index is -0.150. The molecule has 0 spiro atoms. The average Bonchev–Trinajstić information content (AvgIpc) is 2.93. The molecule has 0 aliphatic carbocycles. The fourth-order valence-corrected chi connectivity index (χ4v) is 3.12. The number of piperazine rings is 1. The third-order valence-corrected chi connectivity index (χ3v) is 4.68. The van der Waals surface area contributed by atoms with Crippen LogP contribution in [0.25, 0.3) is 0 Å².